The van der Waals surface area contributed by atoms with Gasteiger partial charge in [0, 0.05) is 44.5 Å². The number of Topliss-reactive ketones (excluding diaryl/α,β-unsaturated/α-hetero) is 1. The number of carbonyl (C=O) groups excluding carboxylic acids is 1. The molecule has 0 amide bonds. The highest BCUT2D eigenvalue weighted by molar-refractivity contribution is 6.30. The monoisotopic (exact) mass is 522 g/mol. The van der Waals surface area contributed by atoms with Gasteiger partial charge in [-0.2, -0.15) is 0 Å². The number of ketones is 1. The molecular formula is C30H32Cl2N2O2. The molecule has 36 heavy (non-hydrogen) atoms. The fraction of sp³-hybridized carbons (Fsp3) is 0.333. The second kappa shape index (κ2) is 10.0. The number of halogens is 2. The van der Waals surface area contributed by atoms with Crippen LogP contribution >= 0.6 is 23.2 Å². The molecule has 2 aromatic carbocycles. The lowest BCUT2D eigenvalue weighted by Crippen LogP contribution is -2.27. The van der Waals surface area contributed by atoms with Gasteiger partial charge in [0.05, 0.1) is 5.60 Å². The first-order chi connectivity index (χ1) is 16.9. The average Bonchev–Trinajstić information content (AvgIpc) is 3.02. The molecule has 188 valence electrons. The number of aromatic nitrogens is 2. The first-order valence-electron chi connectivity index (χ1n) is 12.1. The maximum atomic E-state index is 13.0. The SMILES string of the molecule is CC(=O)C(OC(C)(C)C)c1c(C)nc2c(c(C)c(C)n2Cc2ccc(Cl)cc2)c1-c1ccc(Cl)cc1. The smallest absolute Gasteiger partial charge is 0.163 e. The number of fused-ring (bicyclic) bond motifs is 1. The molecule has 0 spiro atoms. The Labute approximate surface area is 223 Å². The van der Waals surface area contributed by atoms with Crippen LogP contribution in [-0.2, 0) is 16.1 Å². The van der Waals surface area contributed by atoms with E-state index in [4.69, 9.17) is 32.9 Å². The highest BCUT2D eigenvalue weighted by atomic mass is 35.5. The lowest BCUT2D eigenvalue weighted by Gasteiger charge is -2.29. The van der Waals surface area contributed by atoms with E-state index in [0.29, 0.717) is 16.6 Å². The van der Waals surface area contributed by atoms with E-state index < -0.39 is 11.7 Å². The molecule has 0 N–H and O–H groups in total. The van der Waals surface area contributed by atoms with Crippen LogP contribution in [0.3, 0.4) is 0 Å². The summed E-state index contributed by atoms with van der Waals surface area (Å²) in [5, 5.41) is 2.39. The number of pyridine rings is 1. The molecule has 0 radical (unpaired) electrons. The van der Waals surface area contributed by atoms with E-state index in [1.54, 1.807) is 6.92 Å². The third-order valence-electron chi connectivity index (χ3n) is 6.47. The molecular weight excluding hydrogens is 491 g/mol. The van der Waals surface area contributed by atoms with Gasteiger partial charge in [0.25, 0.3) is 0 Å². The third-order valence-corrected chi connectivity index (χ3v) is 6.98. The van der Waals surface area contributed by atoms with Gasteiger partial charge in [0.15, 0.2) is 5.78 Å². The van der Waals surface area contributed by atoms with Gasteiger partial charge in [-0.3, -0.25) is 4.79 Å². The molecule has 2 aromatic heterocycles. The van der Waals surface area contributed by atoms with Crippen molar-refractivity contribution in [3.63, 3.8) is 0 Å². The zero-order valence-corrected chi connectivity index (χ0v) is 23.4. The molecule has 0 bridgehead atoms. The van der Waals surface area contributed by atoms with E-state index in [9.17, 15) is 4.79 Å². The van der Waals surface area contributed by atoms with E-state index in [2.05, 4.69) is 18.4 Å². The van der Waals surface area contributed by atoms with Crippen molar-refractivity contribution < 1.29 is 9.53 Å². The summed E-state index contributed by atoms with van der Waals surface area (Å²) in [6.07, 6.45) is -0.744. The van der Waals surface area contributed by atoms with Crippen molar-refractivity contribution in [3.05, 3.63) is 86.7 Å². The maximum absolute atomic E-state index is 13.0. The molecule has 6 heteroatoms. The van der Waals surface area contributed by atoms with E-state index in [0.717, 1.165) is 50.2 Å². The van der Waals surface area contributed by atoms with Crippen molar-refractivity contribution in [2.75, 3.05) is 0 Å². The number of hydrogen-bond donors (Lipinski definition) is 0. The second-order valence-corrected chi connectivity index (χ2v) is 11.2. The summed E-state index contributed by atoms with van der Waals surface area (Å²) in [4.78, 5) is 18.1. The largest absolute Gasteiger partial charge is 0.360 e. The Kier molecular flexibility index (Phi) is 7.34. The maximum Gasteiger partial charge on any atom is 0.163 e. The van der Waals surface area contributed by atoms with Crippen molar-refractivity contribution in [3.8, 4) is 11.1 Å². The van der Waals surface area contributed by atoms with Crippen LogP contribution < -0.4 is 0 Å². The van der Waals surface area contributed by atoms with Crippen LogP contribution in [0.15, 0.2) is 48.5 Å². The van der Waals surface area contributed by atoms with Crippen LogP contribution in [-0.4, -0.2) is 20.9 Å². The number of carbonyl (C=O) groups is 1. The summed E-state index contributed by atoms with van der Waals surface area (Å²) < 4.78 is 8.58. The average molecular weight is 524 g/mol. The molecule has 0 aliphatic heterocycles. The minimum Gasteiger partial charge on any atom is -0.360 e. The van der Waals surface area contributed by atoms with Gasteiger partial charge in [-0.25, -0.2) is 4.98 Å². The lowest BCUT2D eigenvalue weighted by atomic mass is 9.90. The quantitative estimate of drug-likeness (QED) is 0.255. The van der Waals surface area contributed by atoms with Crippen molar-refractivity contribution in [1.82, 2.24) is 9.55 Å². The zero-order valence-electron chi connectivity index (χ0n) is 21.9. The standard InChI is InChI=1S/C30H32Cl2N2O2/c1-17-19(3)34(16-21-8-12-23(31)13-9-21)29-25(17)27(22-10-14-24(32)15-11-22)26(18(2)33-29)28(20(4)35)36-30(5,6)7/h8-15,28H,16H2,1-7H3. The van der Waals surface area contributed by atoms with Gasteiger partial charge in [-0.05, 0) is 89.4 Å². The van der Waals surface area contributed by atoms with E-state index in [-0.39, 0.29) is 5.78 Å². The second-order valence-electron chi connectivity index (χ2n) is 10.3. The first kappa shape index (κ1) is 26.4. The molecule has 0 saturated carbocycles. The van der Waals surface area contributed by atoms with Crippen LogP contribution in [0, 0.1) is 20.8 Å². The summed E-state index contributed by atoms with van der Waals surface area (Å²) in [6.45, 7) is 14.3. The van der Waals surface area contributed by atoms with Gasteiger partial charge in [0.1, 0.15) is 11.8 Å². The van der Waals surface area contributed by atoms with Gasteiger partial charge in [0.2, 0.25) is 0 Å². The van der Waals surface area contributed by atoms with Crippen LogP contribution in [0.2, 0.25) is 10.0 Å². The molecule has 4 nitrogen and oxygen atoms in total. The molecule has 2 heterocycles. The van der Waals surface area contributed by atoms with Crippen LogP contribution in [0.1, 0.15) is 61.9 Å². The minimum absolute atomic E-state index is 0.0561. The Morgan fingerprint density at radius 3 is 2.06 bits per heavy atom. The fourth-order valence-electron chi connectivity index (χ4n) is 4.70. The van der Waals surface area contributed by atoms with Gasteiger partial charge < -0.3 is 9.30 Å². The molecule has 0 aliphatic rings. The van der Waals surface area contributed by atoms with Crippen molar-refractivity contribution in [2.24, 2.45) is 0 Å². The van der Waals surface area contributed by atoms with Gasteiger partial charge >= 0.3 is 0 Å². The molecule has 4 aromatic rings. The van der Waals surface area contributed by atoms with Crippen molar-refractivity contribution in [1.29, 1.82) is 0 Å². The number of rotatable bonds is 6. The summed E-state index contributed by atoms with van der Waals surface area (Å²) in [7, 11) is 0. The molecule has 1 atom stereocenters. The highest BCUT2D eigenvalue weighted by Crippen LogP contribution is 2.42. The Hall–Kier alpha value is -2.66. The topological polar surface area (TPSA) is 44.1 Å². The molecule has 0 saturated heterocycles. The Morgan fingerprint density at radius 2 is 1.53 bits per heavy atom. The Bertz CT molecular complexity index is 1430. The molecule has 1 unspecified atom stereocenters. The Balaban J connectivity index is 2.06. The van der Waals surface area contributed by atoms with Crippen LogP contribution in [0.5, 0.6) is 0 Å². The predicted molar refractivity (Wildman–Crippen MR) is 149 cm³/mol. The summed E-state index contributed by atoms with van der Waals surface area (Å²) in [5.41, 5.74) is 7.25. The summed E-state index contributed by atoms with van der Waals surface area (Å²) in [6, 6.07) is 15.6. The normalized spacial score (nSPS) is 12.8. The van der Waals surface area contributed by atoms with Crippen molar-refractivity contribution >= 4 is 40.0 Å². The lowest BCUT2D eigenvalue weighted by molar-refractivity contribution is -0.138. The number of nitrogens with zero attached hydrogens (tertiary/aromatic N) is 2. The third kappa shape index (κ3) is 5.22. The Morgan fingerprint density at radius 1 is 0.972 bits per heavy atom. The summed E-state index contributed by atoms with van der Waals surface area (Å²) >= 11 is 12.4. The van der Waals surface area contributed by atoms with Crippen molar-refractivity contribution in [2.45, 2.75) is 66.7 Å². The van der Waals surface area contributed by atoms with Gasteiger partial charge in [-0.15, -0.1) is 0 Å². The fourth-order valence-corrected chi connectivity index (χ4v) is 4.95. The van der Waals surface area contributed by atoms with Crippen LogP contribution in [0.25, 0.3) is 22.2 Å². The molecule has 0 fully saturated rings. The van der Waals surface area contributed by atoms with E-state index in [1.807, 2.05) is 76.2 Å². The van der Waals surface area contributed by atoms with Crippen LogP contribution in [0.4, 0.5) is 0 Å². The number of hydrogen-bond acceptors (Lipinski definition) is 3. The predicted octanol–water partition coefficient (Wildman–Crippen LogP) is 8.43. The molecule has 0 aliphatic carbocycles. The number of benzene rings is 2. The molecule has 4 rings (SSSR count). The number of ether oxygens (including phenoxy) is 1. The first-order valence-corrected chi connectivity index (χ1v) is 12.8. The minimum atomic E-state index is -0.744. The zero-order chi connectivity index (χ0) is 26.4. The van der Waals surface area contributed by atoms with E-state index >= 15 is 0 Å². The van der Waals surface area contributed by atoms with E-state index in [1.165, 1.54) is 0 Å². The van der Waals surface area contributed by atoms with Gasteiger partial charge in [-0.1, -0.05) is 47.5 Å². The highest BCUT2D eigenvalue weighted by Gasteiger charge is 2.32. The summed E-state index contributed by atoms with van der Waals surface area (Å²) in [5.74, 6) is -0.0561. The number of aryl methyl sites for hydroxylation is 2.